The zero-order chi connectivity index (χ0) is 21.0. The summed E-state index contributed by atoms with van der Waals surface area (Å²) in [5.41, 5.74) is -0.0769. The van der Waals surface area contributed by atoms with Crippen LogP contribution in [0.25, 0.3) is 0 Å². The number of carbonyl (C=O) groups excluding carboxylic acids is 3. The zero-order valence-corrected chi connectivity index (χ0v) is 16.5. The molecule has 0 aromatic heterocycles. The van der Waals surface area contributed by atoms with Crippen LogP contribution in [0, 0.1) is 0 Å². The smallest absolute Gasteiger partial charge is 0.325 e. The first-order valence-corrected chi connectivity index (χ1v) is 9.16. The maximum atomic E-state index is 13.1. The Morgan fingerprint density at radius 2 is 1.83 bits per heavy atom. The summed E-state index contributed by atoms with van der Waals surface area (Å²) >= 11 is 0. The first-order valence-electron chi connectivity index (χ1n) is 9.16. The molecule has 0 radical (unpaired) electrons. The van der Waals surface area contributed by atoms with Crippen LogP contribution in [0.3, 0.4) is 0 Å². The summed E-state index contributed by atoms with van der Waals surface area (Å²) in [5, 5.41) is 5.43. The fraction of sp³-hybridized carbons (Fsp3) is 0.286. The standard InChI is InChI=1S/C21H23N3O5/c1-4-21(14-8-6-5-7-9-14)19(26)24(20(27)23-21)13-18(25)22-16-11-10-15(28-2)12-17(16)29-3/h5-12H,4,13H2,1-3H3,(H,22,25)(H,23,27). The molecule has 8 nitrogen and oxygen atoms in total. The molecule has 1 fully saturated rings. The van der Waals surface area contributed by atoms with Crippen molar-refractivity contribution in [3.63, 3.8) is 0 Å². The third-order valence-electron chi connectivity index (χ3n) is 4.96. The SMILES string of the molecule is CCC1(c2ccccc2)NC(=O)N(CC(=O)Nc2ccc(OC)cc2OC)C1=O. The number of hydrogen-bond acceptors (Lipinski definition) is 5. The number of methoxy groups -OCH3 is 2. The normalized spacial score (nSPS) is 18.4. The van der Waals surface area contributed by atoms with Crippen molar-refractivity contribution < 1.29 is 23.9 Å². The third kappa shape index (κ3) is 3.73. The van der Waals surface area contributed by atoms with Gasteiger partial charge in [0.1, 0.15) is 23.6 Å². The van der Waals surface area contributed by atoms with Crippen molar-refractivity contribution in [3.05, 3.63) is 54.1 Å². The number of nitrogens with one attached hydrogen (secondary N) is 2. The number of hydrogen-bond donors (Lipinski definition) is 2. The molecule has 8 heteroatoms. The number of rotatable bonds is 7. The van der Waals surface area contributed by atoms with Crippen LogP contribution in [0.4, 0.5) is 10.5 Å². The van der Waals surface area contributed by atoms with Gasteiger partial charge in [-0.2, -0.15) is 0 Å². The van der Waals surface area contributed by atoms with E-state index in [0.29, 0.717) is 29.2 Å². The van der Waals surface area contributed by atoms with Crippen LogP contribution < -0.4 is 20.1 Å². The van der Waals surface area contributed by atoms with Crippen LogP contribution in [0.2, 0.25) is 0 Å². The van der Waals surface area contributed by atoms with Gasteiger partial charge in [-0.15, -0.1) is 0 Å². The summed E-state index contributed by atoms with van der Waals surface area (Å²) in [5.74, 6) is 0.0107. The van der Waals surface area contributed by atoms with Gasteiger partial charge in [0, 0.05) is 6.07 Å². The average Bonchev–Trinajstić information content (AvgIpc) is 2.99. The number of imide groups is 1. The number of benzene rings is 2. The Labute approximate surface area is 168 Å². The van der Waals surface area contributed by atoms with Gasteiger partial charge in [-0.05, 0) is 24.1 Å². The van der Waals surface area contributed by atoms with Gasteiger partial charge in [0.2, 0.25) is 5.91 Å². The predicted molar refractivity (Wildman–Crippen MR) is 107 cm³/mol. The molecule has 1 unspecified atom stereocenters. The van der Waals surface area contributed by atoms with E-state index in [1.165, 1.54) is 14.2 Å². The van der Waals surface area contributed by atoms with E-state index in [2.05, 4.69) is 10.6 Å². The van der Waals surface area contributed by atoms with E-state index >= 15 is 0 Å². The minimum atomic E-state index is -1.17. The lowest BCUT2D eigenvalue weighted by Gasteiger charge is -2.25. The van der Waals surface area contributed by atoms with Crippen molar-refractivity contribution in [3.8, 4) is 11.5 Å². The van der Waals surface area contributed by atoms with E-state index < -0.39 is 29.9 Å². The van der Waals surface area contributed by atoms with Crippen LogP contribution in [-0.4, -0.2) is 43.5 Å². The number of ether oxygens (including phenoxy) is 2. The maximum absolute atomic E-state index is 13.1. The van der Waals surface area contributed by atoms with Crippen LogP contribution >= 0.6 is 0 Å². The fourth-order valence-electron chi connectivity index (χ4n) is 3.37. The van der Waals surface area contributed by atoms with E-state index in [1.807, 2.05) is 13.0 Å². The summed E-state index contributed by atoms with van der Waals surface area (Å²) in [6.07, 6.45) is 0.367. The predicted octanol–water partition coefficient (Wildman–Crippen LogP) is 2.50. The van der Waals surface area contributed by atoms with Crippen molar-refractivity contribution in [1.82, 2.24) is 10.2 Å². The number of urea groups is 1. The molecule has 1 aliphatic heterocycles. The van der Waals surface area contributed by atoms with Gasteiger partial charge in [0.25, 0.3) is 5.91 Å². The highest BCUT2D eigenvalue weighted by Gasteiger charge is 2.51. The van der Waals surface area contributed by atoms with Crippen LogP contribution in [0.1, 0.15) is 18.9 Å². The second-order valence-electron chi connectivity index (χ2n) is 6.56. The largest absolute Gasteiger partial charge is 0.497 e. The number of carbonyl (C=O) groups is 3. The lowest BCUT2D eigenvalue weighted by atomic mass is 9.87. The minimum absolute atomic E-state index is 0.367. The molecule has 1 aliphatic rings. The molecule has 4 amide bonds. The van der Waals surface area contributed by atoms with Gasteiger partial charge in [-0.1, -0.05) is 37.3 Å². The molecular formula is C21H23N3O5. The van der Waals surface area contributed by atoms with Crippen LogP contribution in [0.15, 0.2) is 48.5 Å². The Morgan fingerprint density at radius 1 is 1.10 bits per heavy atom. The van der Waals surface area contributed by atoms with Crippen molar-refractivity contribution in [2.75, 3.05) is 26.1 Å². The molecule has 0 saturated carbocycles. The maximum Gasteiger partial charge on any atom is 0.325 e. The number of nitrogens with zero attached hydrogens (tertiary/aromatic N) is 1. The highest BCUT2D eigenvalue weighted by Crippen LogP contribution is 2.33. The molecule has 29 heavy (non-hydrogen) atoms. The molecule has 1 atom stereocenters. The van der Waals surface area contributed by atoms with Crippen molar-refractivity contribution in [2.45, 2.75) is 18.9 Å². The lowest BCUT2D eigenvalue weighted by molar-refractivity contribution is -0.134. The molecule has 2 N–H and O–H groups in total. The summed E-state index contributed by atoms with van der Waals surface area (Å²) in [4.78, 5) is 39.1. The molecule has 0 spiro atoms. The monoisotopic (exact) mass is 397 g/mol. The van der Waals surface area contributed by atoms with E-state index in [0.717, 1.165) is 4.90 Å². The van der Waals surface area contributed by atoms with Gasteiger partial charge in [0.15, 0.2) is 0 Å². The lowest BCUT2D eigenvalue weighted by Crippen LogP contribution is -2.44. The summed E-state index contributed by atoms with van der Waals surface area (Å²) in [6, 6.07) is 13.3. The Morgan fingerprint density at radius 3 is 2.45 bits per heavy atom. The van der Waals surface area contributed by atoms with E-state index in [9.17, 15) is 14.4 Å². The Kier molecular flexibility index (Phi) is 5.72. The second-order valence-corrected chi connectivity index (χ2v) is 6.56. The highest BCUT2D eigenvalue weighted by molar-refractivity contribution is 6.10. The topological polar surface area (TPSA) is 97.0 Å². The third-order valence-corrected chi connectivity index (χ3v) is 4.96. The molecule has 2 aromatic rings. The first kappa shape index (κ1) is 20.2. The molecule has 1 saturated heterocycles. The average molecular weight is 397 g/mol. The van der Waals surface area contributed by atoms with Crippen molar-refractivity contribution in [1.29, 1.82) is 0 Å². The van der Waals surface area contributed by atoms with Gasteiger partial charge >= 0.3 is 6.03 Å². The van der Waals surface area contributed by atoms with Crippen molar-refractivity contribution in [2.24, 2.45) is 0 Å². The summed E-state index contributed by atoms with van der Waals surface area (Å²) < 4.78 is 10.4. The zero-order valence-electron chi connectivity index (χ0n) is 16.5. The Balaban J connectivity index is 1.77. The molecular weight excluding hydrogens is 374 g/mol. The summed E-state index contributed by atoms with van der Waals surface area (Å²) in [7, 11) is 2.99. The molecule has 3 rings (SSSR count). The highest BCUT2D eigenvalue weighted by atomic mass is 16.5. The Bertz CT molecular complexity index is 931. The van der Waals surface area contributed by atoms with E-state index in [-0.39, 0.29) is 0 Å². The molecule has 0 bridgehead atoms. The fourth-order valence-corrected chi connectivity index (χ4v) is 3.37. The minimum Gasteiger partial charge on any atom is -0.497 e. The van der Waals surface area contributed by atoms with Gasteiger partial charge in [0.05, 0.1) is 19.9 Å². The van der Waals surface area contributed by atoms with E-state index in [4.69, 9.17) is 9.47 Å². The Hall–Kier alpha value is -3.55. The van der Waals surface area contributed by atoms with Gasteiger partial charge in [-0.3, -0.25) is 14.5 Å². The van der Waals surface area contributed by atoms with Crippen molar-refractivity contribution >= 4 is 23.5 Å². The number of amides is 4. The molecule has 0 aliphatic carbocycles. The van der Waals surface area contributed by atoms with Gasteiger partial charge in [-0.25, -0.2) is 4.79 Å². The van der Waals surface area contributed by atoms with E-state index in [1.54, 1.807) is 42.5 Å². The molecule has 1 heterocycles. The first-order chi connectivity index (χ1) is 13.9. The molecule has 2 aromatic carbocycles. The van der Waals surface area contributed by atoms with Gasteiger partial charge < -0.3 is 20.1 Å². The second kappa shape index (κ2) is 8.22. The summed E-state index contributed by atoms with van der Waals surface area (Å²) in [6.45, 7) is 1.41. The van der Waals surface area contributed by atoms with Crippen LogP contribution in [-0.2, 0) is 15.1 Å². The number of anilines is 1. The molecule has 152 valence electrons. The van der Waals surface area contributed by atoms with Crippen LogP contribution in [0.5, 0.6) is 11.5 Å². The quantitative estimate of drug-likeness (QED) is 0.700.